The lowest BCUT2D eigenvalue weighted by atomic mass is 10.2. The number of nitrogens with zero attached hydrogens (tertiary/aromatic N) is 1. The van der Waals surface area contributed by atoms with Crippen molar-refractivity contribution in [2.24, 2.45) is 5.10 Å². The van der Waals surface area contributed by atoms with Gasteiger partial charge in [0.15, 0.2) is 0 Å². The molecule has 0 radical (unpaired) electrons. The molecule has 0 atom stereocenters. The van der Waals surface area contributed by atoms with Gasteiger partial charge in [-0.05, 0) is 32.4 Å². The van der Waals surface area contributed by atoms with E-state index in [0.717, 1.165) is 5.56 Å². The van der Waals surface area contributed by atoms with Crippen LogP contribution in [0.1, 0.15) is 19.4 Å². The normalized spacial score (nSPS) is 12.0. The van der Waals surface area contributed by atoms with E-state index >= 15 is 0 Å². The van der Waals surface area contributed by atoms with Gasteiger partial charge in [0.2, 0.25) is 0 Å². The molecule has 1 aromatic carbocycles. The van der Waals surface area contributed by atoms with Crippen LogP contribution in [0.4, 0.5) is 18.9 Å². The second-order valence-corrected chi connectivity index (χ2v) is 4.90. The first-order valence-corrected chi connectivity index (χ1v) is 6.36. The van der Waals surface area contributed by atoms with Crippen molar-refractivity contribution in [1.82, 2.24) is 0 Å². The number of carbonyl (C=O) groups excluding carboxylic acids is 1. The van der Waals surface area contributed by atoms with Crippen molar-refractivity contribution in [3.05, 3.63) is 22.7 Å². The van der Waals surface area contributed by atoms with Crippen LogP contribution in [0.3, 0.4) is 0 Å². The van der Waals surface area contributed by atoms with Crippen LogP contribution in [0, 0.1) is 6.92 Å². The minimum Gasteiger partial charge on any atom is -0.491 e. The number of hydrogen-bond donors (Lipinski definition) is 1. The molecule has 1 N–H and O–H groups in total. The Bertz CT molecular complexity index is 557. The first kappa shape index (κ1) is 17.3. The van der Waals surface area contributed by atoms with Gasteiger partial charge in [-0.25, -0.2) is 0 Å². The summed E-state index contributed by atoms with van der Waals surface area (Å²) in [5.41, 5.74) is 3.31. The largest absolute Gasteiger partial charge is 0.491 e. The van der Waals surface area contributed by atoms with Gasteiger partial charge in [-0.1, -0.05) is 11.6 Å². The number of hydrazone groups is 1. The third-order valence-corrected chi connectivity index (χ3v) is 2.59. The Labute approximate surface area is 124 Å². The molecular formula is C13H14ClF3N2O2. The summed E-state index contributed by atoms with van der Waals surface area (Å²) in [6, 6.07) is 3.09. The third-order valence-electron chi connectivity index (χ3n) is 2.27. The van der Waals surface area contributed by atoms with E-state index in [2.05, 4.69) is 10.5 Å². The molecule has 8 heteroatoms. The summed E-state index contributed by atoms with van der Waals surface area (Å²) in [5, 5.41) is 3.48. The van der Waals surface area contributed by atoms with Crippen molar-refractivity contribution < 1.29 is 22.7 Å². The highest BCUT2D eigenvalue weighted by Gasteiger charge is 2.36. The van der Waals surface area contributed by atoms with Crippen LogP contribution in [-0.2, 0) is 4.79 Å². The smallest absolute Gasteiger partial charge is 0.455 e. The number of anilines is 1. The molecule has 1 aromatic rings. The number of Topliss-reactive ketones (excluding diaryl/α,β-unsaturated/α-hetero) is 1. The number of nitrogens with one attached hydrogen (secondary N) is 1. The molecule has 0 unspecified atom stereocenters. The SMILES string of the molecule is Cc1cc(Cl)c(N/N=C/C(=O)C(F)(F)F)cc1OC(C)C. The highest BCUT2D eigenvalue weighted by molar-refractivity contribution is 6.33. The molecule has 0 amide bonds. The van der Waals surface area contributed by atoms with Crippen LogP contribution >= 0.6 is 11.6 Å². The molecule has 21 heavy (non-hydrogen) atoms. The van der Waals surface area contributed by atoms with Crippen molar-refractivity contribution in [3.63, 3.8) is 0 Å². The van der Waals surface area contributed by atoms with Crippen LogP contribution in [0.2, 0.25) is 5.02 Å². The Hall–Kier alpha value is -1.76. The summed E-state index contributed by atoms with van der Waals surface area (Å²) in [6.45, 7) is 5.45. The van der Waals surface area contributed by atoms with E-state index < -0.39 is 12.0 Å². The number of alkyl halides is 3. The lowest BCUT2D eigenvalue weighted by molar-refractivity contribution is -0.162. The Morgan fingerprint density at radius 1 is 1.43 bits per heavy atom. The van der Waals surface area contributed by atoms with Gasteiger partial charge in [-0.15, -0.1) is 0 Å². The molecule has 0 fully saturated rings. The fourth-order valence-electron chi connectivity index (χ4n) is 1.35. The summed E-state index contributed by atoms with van der Waals surface area (Å²) in [7, 11) is 0. The van der Waals surface area contributed by atoms with Crippen molar-refractivity contribution in [2.45, 2.75) is 33.1 Å². The zero-order valence-corrected chi connectivity index (χ0v) is 12.3. The van der Waals surface area contributed by atoms with E-state index in [1.165, 1.54) is 6.07 Å². The highest BCUT2D eigenvalue weighted by atomic mass is 35.5. The van der Waals surface area contributed by atoms with Gasteiger partial charge in [0, 0.05) is 6.07 Å². The molecule has 0 aliphatic rings. The average Bonchev–Trinajstić information content (AvgIpc) is 2.32. The van der Waals surface area contributed by atoms with E-state index in [1.54, 1.807) is 13.0 Å². The number of hydrogen-bond acceptors (Lipinski definition) is 4. The Morgan fingerprint density at radius 3 is 2.57 bits per heavy atom. The van der Waals surface area contributed by atoms with Gasteiger partial charge in [0.05, 0.1) is 23.0 Å². The minimum absolute atomic E-state index is 0.0759. The van der Waals surface area contributed by atoms with Crippen LogP contribution < -0.4 is 10.2 Å². The first-order valence-electron chi connectivity index (χ1n) is 5.98. The Kier molecular flexibility index (Phi) is 5.60. The number of ketones is 1. The van der Waals surface area contributed by atoms with E-state index in [0.29, 0.717) is 5.75 Å². The van der Waals surface area contributed by atoms with E-state index in [-0.39, 0.29) is 23.0 Å². The fraction of sp³-hybridized carbons (Fsp3) is 0.385. The minimum atomic E-state index is -4.95. The number of rotatable bonds is 5. The van der Waals surface area contributed by atoms with Crippen LogP contribution in [0.5, 0.6) is 5.75 Å². The number of carbonyl (C=O) groups is 1. The molecule has 0 aliphatic heterocycles. The predicted octanol–water partition coefficient (Wildman–Crippen LogP) is 3.96. The summed E-state index contributed by atoms with van der Waals surface area (Å²) in [4.78, 5) is 10.6. The van der Waals surface area contributed by atoms with Crippen LogP contribution in [0.25, 0.3) is 0 Å². The van der Waals surface area contributed by atoms with Gasteiger partial charge < -0.3 is 4.74 Å². The van der Waals surface area contributed by atoms with Gasteiger partial charge >= 0.3 is 6.18 Å². The summed E-state index contributed by atoms with van der Waals surface area (Å²) in [6.07, 6.45) is -4.87. The molecule has 0 aromatic heterocycles. The zero-order valence-electron chi connectivity index (χ0n) is 11.6. The van der Waals surface area contributed by atoms with Crippen molar-refractivity contribution >= 4 is 29.3 Å². The van der Waals surface area contributed by atoms with E-state index in [9.17, 15) is 18.0 Å². The number of halogens is 4. The van der Waals surface area contributed by atoms with Gasteiger partial charge in [-0.3, -0.25) is 10.2 Å². The molecule has 0 spiro atoms. The highest BCUT2D eigenvalue weighted by Crippen LogP contribution is 2.31. The van der Waals surface area contributed by atoms with Crippen molar-refractivity contribution in [2.75, 3.05) is 5.43 Å². The van der Waals surface area contributed by atoms with Gasteiger partial charge in [0.1, 0.15) is 5.75 Å². The quantitative estimate of drug-likeness (QED) is 0.659. The fourth-order valence-corrected chi connectivity index (χ4v) is 1.61. The van der Waals surface area contributed by atoms with Gasteiger partial charge in [0.25, 0.3) is 5.78 Å². The topological polar surface area (TPSA) is 50.7 Å². The molecule has 0 bridgehead atoms. The molecule has 4 nitrogen and oxygen atoms in total. The lowest BCUT2D eigenvalue weighted by Crippen LogP contribution is -2.23. The maximum Gasteiger partial charge on any atom is 0.455 e. The lowest BCUT2D eigenvalue weighted by Gasteiger charge is -2.14. The monoisotopic (exact) mass is 322 g/mol. The molecule has 116 valence electrons. The summed E-state index contributed by atoms with van der Waals surface area (Å²) in [5.74, 6) is -1.54. The predicted molar refractivity (Wildman–Crippen MR) is 75.1 cm³/mol. The van der Waals surface area contributed by atoms with E-state index in [1.807, 2.05) is 13.8 Å². The second kappa shape index (κ2) is 6.80. The van der Waals surface area contributed by atoms with Crippen LogP contribution in [-0.4, -0.2) is 24.3 Å². The average molecular weight is 323 g/mol. The molecule has 0 saturated heterocycles. The molecule has 0 heterocycles. The van der Waals surface area contributed by atoms with Crippen molar-refractivity contribution in [3.8, 4) is 5.75 Å². The van der Waals surface area contributed by atoms with Gasteiger partial charge in [-0.2, -0.15) is 18.3 Å². The van der Waals surface area contributed by atoms with Crippen molar-refractivity contribution in [1.29, 1.82) is 0 Å². The number of ether oxygens (including phenoxy) is 1. The number of aryl methyl sites for hydroxylation is 1. The summed E-state index contributed by atoms with van der Waals surface area (Å²) < 4.78 is 41.5. The second-order valence-electron chi connectivity index (χ2n) is 4.50. The zero-order chi connectivity index (χ0) is 16.2. The molecular weight excluding hydrogens is 309 g/mol. The maximum absolute atomic E-state index is 12.0. The van der Waals surface area contributed by atoms with Crippen LogP contribution in [0.15, 0.2) is 17.2 Å². The van der Waals surface area contributed by atoms with E-state index in [4.69, 9.17) is 16.3 Å². The first-order chi connectivity index (χ1) is 9.61. The standard InChI is InChI=1S/C13H14ClF3N2O2/c1-7(2)21-11-5-10(9(14)4-8(11)3)19-18-6-12(20)13(15,16)17/h4-7,19H,1-3H3/b18-6+. The Balaban J connectivity index is 2.89. The maximum atomic E-state index is 12.0. The Morgan fingerprint density at radius 2 is 2.05 bits per heavy atom. The molecule has 1 rings (SSSR count). The number of benzene rings is 1. The summed E-state index contributed by atoms with van der Waals surface area (Å²) >= 11 is 5.94. The molecule has 0 aliphatic carbocycles. The third kappa shape index (κ3) is 5.26. The molecule has 0 saturated carbocycles.